The maximum Gasteiger partial charge on any atom is 0.260 e. The fourth-order valence-electron chi connectivity index (χ4n) is 2.15. The van der Waals surface area contributed by atoms with Gasteiger partial charge in [-0.2, -0.15) is 0 Å². The molecular formula is C14H11Br2NO2. The van der Waals surface area contributed by atoms with Crippen molar-refractivity contribution in [3.8, 4) is 0 Å². The molecule has 3 rings (SSSR count). The highest BCUT2D eigenvalue weighted by atomic mass is 79.9. The molecular weight excluding hydrogens is 374 g/mol. The van der Waals surface area contributed by atoms with Gasteiger partial charge in [0.25, 0.3) is 5.91 Å². The van der Waals surface area contributed by atoms with Gasteiger partial charge >= 0.3 is 0 Å². The summed E-state index contributed by atoms with van der Waals surface area (Å²) in [6.45, 7) is 3.91. The van der Waals surface area contributed by atoms with Crippen LogP contribution in [-0.4, -0.2) is 11.5 Å². The first kappa shape index (κ1) is 12.9. The molecule has 0 radical (unpaired) electrons. The largest absolute Gasteiger partial charge is 0.482 e. The lowest BCUT2D eigenvalue weighted by atomic mass is 10.1. The van der Waals surface area contributed by atoms with Crippen LogP contribution in [0.5, 0.6) is 0 Å². The maximum atomic E-state index is 12.1. The van der Waals surface area contributed by atoms with Crippen LogP contribution in [-0.2, 0) is 9.53 Å². The van der Waals surface area contributed by atoms with Crippen molar-refractivity contribution in [2.24, 2.45) is 0 Å². The first-order chi connectivity index (χ1) is 8.88. The van der Waals surface area contributed by atoms with Crippen LogP contribution in [0.25, 0.3) is 5.57 Å². The Balaban J connectivity index is 2.16. The van der Waals surface area contributed by atoms with Gasteiger partial charge in [-0.05, 0) is 32.1 Å². The van der Waals surface area contributed by atoms with E-state index in [1.165, 1.54) is 0 Å². The second-order valence-electron chi connectivity index (χ2n) is 4.99. The van der Waals surface area contributed by atoms with Crippen LogP contribution in [0.1, 0.15) is 19.4 Å². The third-order valence-electron chi connectivity index (χ3n) is 3.17. The van der Waals surface area contributed by atoms with E-state index in [9.17, 15) is 4.79 Å². The van der Waals surface area contributed by atoms with Crippen molar-refractivity contribution in [2.75, 3.05) is 5.32 Å². The van der Waals surface area contributed by atoms with Gasteiger partial charge in [0.1, 0.15) is 11.4 Å². The lowest BCUT2D eigenvalue weighted by Gasteiger charge is -2.19. The van der Waals surface area contributed by atoms with Crippen molar-refractivity contribution in [3.05, 3.63) is 44.6 Å². The molecule has 0 aliphatic carbocycles. The molecule has 3 nitrogen and oxygen atoms in total. The first-order valence-electron chi connectivity index (χ1n) is 5.81. The highest BCUT2D eigenvalue weighted by Crippen LogP contribution is 2.43. The lowest BCUT2D eigenvalue weighted by Crippen LogP contribution is -2.19. The number of allylic oxidation sites excluding steroid dienone is 1. The van der Waals surface area contributed by atoms with Crippen molar-refractivity contribution >= 4 is 49.0 Å². The number of anilines is 1. The first-order valence-corrected chi connectivity index (χ1v) is 7.39. The van der Waals surface area contributed by atoms with Gasteiger partial charge < -0.3 is 10.1 Å². The number of benzene rings is 1. The van der Waals surface area contributed by atoms with Crippen LogP contribution in [0, 0.1) is 0 Å². The Morgan fingerprint density at radius 3 is 2.63 bits per heavy atom. The van der Waals surface area contributed by atoms with Crippen LogP contribution >= 0.6 is 31.9 Å². The number of carbonyl (C=O) groups excluding carboxylic acids is 1. The number of hydrogen-bond donors (Lipinski definition) is 1. The van der Waals surface area contributed by atoms with E-state index in [1.807, 2.05) is 38.1 Å². The van der Waals surface area contributed by atoms with Gasteiger partial charge in [-0.25, -0.2) is 0 Å². The van der Waals surface area contributed by atoms with Crippen molar-refractivity contribution in [1.29, 1.82) is 0 Å². The predicted molar refractivity (Wildman–Crippen MR) is 81.9 cm³/mol. The van der Waals surface area contributed by atoms with E-state index in [-0.39, 0.29) is 5.91 Å². The van der Waals surface area contributed by atoms with Crippen LogP contribution in [0.4, 0.5) is 5.69 Å². The molecule has 19 heavy (non-hydrogen) atoms. The number of carbonyl (C=O) groups is 1. The van der Waals surface area contributed by atoms with Gasteiger partial charge in [0.2, 0.25) is 0 Å². The Bertz CT molecular complexity index is 659. The molecule has 1 aromatic rings. The standard InChI is InChI=1S/C14H11Br2NO2/c1-14(2)11(16)6-10(19-14)12-8-4-3-7(15)5-9(8)17-13(12)18/h3-6H,1-2H3,(H,17,18)/b12-10+. The summed E-state index contributed by atoms with van der Waals surface area (Å²) in [5.74, 6) is 0.479. The average molecular weight is 385 g/mol. The van der Waals surface area contributed by atoms with E-state index in [0.29, 0.717) is 11.3 Å². The molecule has 0 aromatic heterocycles. The van der Waals surface area contributed by atoms with Crippen LogP contribution < -0.4 is 5.32 Å². The quantitative estimate of drug-likeness (QED) is 0.680. The maximum absolute atomic E-state index is 12.1. The SMILES string of the molecule is CC1(C)O/C(=C2/C(=O)Nc3cc(Br)ccc32)C=C1Br. The Kier molecular flexibility index (Phi) is 2.87. The molecule has 1 N–H and O–H groups in total. The molecule has 2 aliphatic rings. The van der Waals surface area contributed by atoms with Gasteiger partial charge in [-0.15, -0.1) is 0 Å². The third-order valence-corrected chi connectivity index (χ3v) is 4.85. The van der Waals surface area contributed by atoms with Crippen LogP contribution in [0.3, 0.4) is 0 Å². The van der Waals surface area contributed by atoms with E-state index < -0.39 is 5.60 Å². The summed E-state index contributed by atoms with van der Waals surface area (Å²) in [4.78, 5) is 12.1. The molecule has 0 unspecified atom stereocenters. The number of ether oxygens (including phenoxy) is 1. The smallest absolute Gasteiger partial charge is 0.260 e. The van der Waals surface area contributed by atoms with Crippen molar-refractivity contribution < 1.29 is 9.53 Å². The normalized spacial score (nSPS) is 23.8. The zero-order chi connectivity index (χ0) is 13.8. The van der Waals surface area contributed by atoms with Crippen molar-refractivity contribution in [1.82, 2.24) is 0 Å². The monoisotopic (exact) mass is 383 g/mol. The van der Waals surface area contributed by atoms with Crippen LogP contribution in [0.2, 0.25) is 0 Å². The zero-order valence-electron chi connectivity index (χ0n) is 10.4. The van der Waals surface area contributed by atoms with Crippen molar-refractivity contribution in [3.63, 3.8) is 0 Å². The van der Waals surface area contributed by atoms with Gasteiger partial charge in [0, 0.05) is 14.5 Å². The van der Waals surface area contributed by atoms with E-state index >= 15 is 0 Å². The van der Waals surface area contributed by atoms with Crippen molar-refractivity contribution in [2.45, 2.75) is 19.4 Å². The number of hydrogen-bond acceptors (Lipinski definition) is 2. The second kappa shape index (κ2) is 4.21. The minimum Gasteiger partial charge on any atom is -0.482 e. The molecule has 0 saturated carbocycles. The fourth-order valence-corrected chi connectivity index (χ4v) is 2.80. The van der Waals surface area contributed by atoms with E-state index in [2.05, 4.69) is 37.2 Å². The molecule has 2 aliphatic heterocycles. The number of halogens is 2. The van der Waals surface area contributed by atoms with E-state index in [0.717, 1.165) is 20.2 Å². The summed E-state index contributed by atoms with van der Waals surface area (Å²) in [6.07, 6.45) is 1.87. The third kappa shape index (κ3) is 2.05. The number of nitrogens with one attached hydrogen (secondary N) is 1. The van der Waals surface area contributed by atoms with E-state index in [1.54, 1.807) is 0 Å². The molecule has 0 fully saturated rings. The Hall–Kier alpha value is -1.07. The second-order valence-corrected chi connectivity index (χ2v) is 6.76. The lowest BCUT2D eigenvalue weighted by molar-refractivity contribution is -0.111. The molecule has 1 aromatic carbocycles. The highest BCUT2D eigenvalue weighted by Gasteiger charge is 2.36. The number of rotatable bonds is 0. The summed E-state index contributed by atoms with van der Waals surface area (Å²) in [7, 11) is 0. The summed E-state index contributed by atoms with van der Waals surface area (Å²) in [6, 6.07) is 5.72. The molecule has 0 atom stereocenters. The molecule has 0 bridgehead atoms. The molecule has 2 heterocycles. The zero-order valence-corrected chi connectivity index (χ0v) is 13.6. The Morgan fingerprint density at radius 1 is 1.26 bits per heavy atom. The molecule has 98 valence electrons. The highest BCUT2D eigenvalue weighted by molar-refractivity contribution is 9.11. The molecule has 1 amide bonds. The molecule has 0 saturated heterocycles. The van der Waals surface area contributed by atoms with Gasteiger partial charge in [0.05, 0.1) is 11.3 Å². The van der Waals surface area contributed by atoms with Gasteiger partial charge in [-0.3, -0.25) is 4.79 Å². The van der Waals surface area contributed by atoms with Gasteiger partial charge in [0.15, 0.2) is 0 Å². The summed E-state index contributed by atoms with van der Waals surface area (Å²) in [5.41, 5.74) is 1.84. The summed E-state index contributed by atoms with van der Waals surface area (Å²) < 4.78 is 7.73. The average Bonchev–Trinajstić information content (AvgIpc) is 2.75. The summed E-state index contributed by atoms with van der Waals surface area (Å²) >= 11 is 6.88. The fraction of sp³-hybridized carbons (Fsp3) is 0.214. The molecule has 0 spiro atoms. The molecule has 5 heteroatoms. The van der Waals surface area contributed by atoms with Crippen LogP contribution in [0.15, 0.2) is 39.0 Å². The number of fused-ring (bicyclic) bond motifs is 1. The topological polar surface area (TPSA) is 38.3 Å². The minimum atomic E-state index is -0.430. The Morgan fingerprint density at radius 2 is 2.00 bits per heavy atom. The minimum absolute atomic E-state index is 0.127. The van der Waals surface area contributed by atoms with Gasteiger partial charge in [-0.1, -0.05) is 37.9 Å². The number of amides is 1. The Labute approximate surface area is 128 Å². The predicted octanol–water partition coefficient (Wildman–Crippen LogP) is 4.20. The van der Waals surface area contributed by atoms with E-state index in [4.69, 9.17) is 4.74 Å². The summed E-state index contributed by atoms with van der Waals surface area (Å²) in [5, 5.41) is 2.86.